The van der Waals surface area contributed by atoms with Crippen LogP contribution >= 0.6 is 0 Å². The van der Waals surface area contributed by atoms with Gasteiger partial charge in [0.2, 0.25) is 6.40 Å². The molecule has 0 aliphatic rings. The molecule has 0 aliphatic carbocycles. The van der Waals surface area contributed by atoms with Gasteiger partial charge in [0.25, 0.3) is 0 Å². The topological polar surface area (TPSA) is 198 Å². The summed E-state index contributed by atoms with van der Waals surface area (Å²) in [5, 5.41) is 6.73. The minimum atomic E-state index is -0.886. The van der Waals surface area contributed by atoms with Crippen LogP contribution in [0.1, 0.15) is 20.8 Å². The van der Waals surface area contributed by atoms with Gasteiger partial charge in [0.1, 0.15) is 45.8 Å². The highest BCUT2D eigenvalue weighted by Gasteiger charge is 2.12. The van der Waals surface area contributed by atoms with Crippen molar-refractivity contribution in [3.05, 3.63) is 24.3 Å². The third kappa shape index (κ3) is 19.6. The summed E-state index contributed by atoms with van der Waals surface area (Å²) in [6, 6.07) is 0. The molecule has 0 saturated carbocycles. The van der Waals surface area contributed by atoms with E-state index in [1.165, 1.54) is 20.8 Å². The molecule has 3 N–H and O–H groups in total. The van der Waals surface area contributed by atoms with Gasteiger partial charge >= 0.3 is 30.2 Å². The molecule has 1 atom stereocenters. The third-order valence-electron chi connectivity index (χ3n) is 3.37. The molecular formula is C21H32N4O12. The summed E-state index contributed by atoms with van der Waals surface area (Å²) < 4.78 is 24.0. The number of hydrogen-bond acceptors (Lipinski definition) is 13. The lowest BCUT2D eigenvalue weighted by Crippen LogP contribution is -2.39. The van der Waals surface area contributed by atoms with E-state index in [2.05, 4.69) is 43.9 Å². The molecule has 0 aromatic carbocycles. The minimum absolute atomic E-state index is 0.0402. The van der Waals surface area contributed by atoms with Crippen molar-refractivity contribution in [1.29, 1.82) is 0 Å². The van der Waals surface area contributed by atoms with Crippen molar-refractivity contribution in [1.82, 2.24) is 16.0 Å². The van der Waals surface area contributed by atoms with Gasteiger partial charge < -0.3 is 44.5 Å². The van der Waals surface area contributed by atoms with Crippen LogP contribution in [0.4, 0.5) is 14.4 Å². The van der Waals surface area contributed by atoms with E-state index in [0.717, 1.165) is 6.40 Å². The summed E-state index contributed by atoms with van der Waals surface area (Å²) in [4.78, 5) is 69.8. The molecule has 208 valence electrons. The SMILES string of the molecule is C=C(C)C(=O)OCCOOC=NCNC(=O)OC(C)COC(=O)NCNC(=O)OCCOC(=O)C(=C)C. The molecule has 0 aromatic heterocycles. The average molecular weight is 533 g/mol. The van der Waals surface area contributed by atoms with Crippen LogP contribution in [0.25, 0.3) is 0 Å². The first kappa shape index (κ1) is 32.7. The fourth-order valence-corrected chi connectivity index (χ4v) is 1.68. The van der Waals surface area contributed by atoms with Gasteiger partial charge in [-0.3, -0.25) is 0 Å². The summed E-state index contributed by atoms with van der Waals surface area (Å²) in [5.74, 6) is -1.15. The average Bonchev–Trinajstić information content (AvgIpc) is 2.83. The molecule has 0 radical (unpaired) electrons. The second kappa shape index (κ2) is 19.9. The number of aliphatic imine (C=N–C) groups is 1. The van der Waals surface area contributed by atoms with Gasteiger partial charge in [-0.1, -0.05) is 13.2 Å². The maximum atomic E-state index is 11.6. The van der Waals surface area contributed by atoms with Crippen LogP contribution in [0, 0.1) is 0 Å². The Morgan fingerprint density at radius 3 is 1.92 bits per heavy atom. The Balaban J connectivity index is 3.76. The van der Waals surface area contributed by atoms with E-state index in [-0.39, 0.29) is 57.5 Å². The predicted octanol–water partition coefficient (Wildman–Crippen LogP) is 0.684. The van der Waals surface area contributed by atoms with Gasteiger partial charge in [0.15, 0.2) is 0 Å². The highest BCUT2D eigenvalue weighted by Crippen LogP contribution is 1.94. The van der Waals surface area contributed by atoms with Crippen molar-refractivity contribution in [3.8, 4) is 0 Å². The van der Waals surface area contributed by atoms with E-state index in [4.69, 9.17) is 23.7 Å². The molecule has 37 heavy (non-hydrogen) atoms. The highest BCUT2D eigenvalue weighted by atomic mass is 17.2. The summed E-state index contributed by atoms with van der Waals surface area (Å²) in [6.07, 6.45) is -2.46. The molecule has 0 heterocycles. The number of esters is 2. The summed E-state index contributed by atoms with van der Waals surface area (Å²) in [5.41, 5.74) is 0.475. The molecule has 0 bridgehead atoms. The Hall–Kier alpha value is -4.34. The Kier molecular flexibility index (Phi) is 17.6. The second-order valence-electron chi connectivity index (χ2n) is 6.85. The molecule has 3 amide bonds. The zero-order chi connectivity index (χ0) is 28.1. The van der Waals surface area contributed by atoms with Crippen LogP contribution in [0.2, 0.25) is 0 Å². The van der Waals surface area contributed by atoms with Crippen molar-refractivity contribution >= 4 is 36.6 Å². The van der Waals surface area contributed by atoms with Crippen molar-refractivity contribution < 1.29 is 57.4 Å². The lowest BCUT2D eigenvalue weighted by atomic mass is 10.4. The molecule has 0 aliphatic heterocycles. The van der Waals surface area contributed by atoms with E-state index in [0.29, 0.717) is 0 Å². The third-order valence-corrected chi connectivity index (χ3v) is 3.37. The van der Waals surface area contributed by atoms with Crippen LogP contribution in [0.3, 0.4) is 0 Å². The predicted molar refractivity (Wildman–Crippen MR) is 125 cm³/mol. The highest BCUT2D eigenvalue weighted by molar-refractivity contribution is 5.87. The van der Waals surface area contributed by atoms with Gasteiger partial charge in [-0.15, -0.1) is 0 Å². The number of amides is 3. The Morgan fingerprint density at radius 1 is 0.784 bits per heavy atom. The van der Waals surface area contributed by atoms with Crippen LogP contribution in [-0.4, -0.2) is 89.1 Å². The molecule has 0 rings (SSSR count). The number of nitrogens with one attached hydrogen (secondary N) is 3. The zero-order valence-corrected chi connectivity index (χ0v) is 20.9. The molecular weight excluding hydrogens is 500 g/mol. The molecule has 0 saturated heterocycles. The Morgan fingerprint density at radius 2 is 1.32 bits per heavy atom. The van der Waals surface area contributed by atoms with Gasteiger partial charge in [-0.05, 0) is 20.8 Å². The van der Waals surface area contributed by atoms with E-state index < -0.39 is 36.3 Å². The number of ether oxygens (including phenoxy) is 5. The lowest BCUT2D eigenvalue weighted by molar-refractivity contribution is -0.223. The van der Waals surface area contributed by atoms with Gasteiger partial charge in [0.05, 0.1) is 6.67 Å². The first-order chi connectivity index (χ1) is 17.5. The van der Waals surface area contributed by atoms with Gasteiger partial charge in [-0.2, -0.15) is 4.89 Å². The van der Waals surface area contributed by atoms with E-state index in [9.17, 15) is 24.0 Å². The zero-order valence-electron chi connectivity index (χ0n) is 20.9. The summed E-state index contributed by atoms with van der Waals surface area (Å²) >= 11 is 0. The number of nitrogens with zero attached hydrogens (tertiary/aromatic N) is 1. The van der Waals surface area contributed by atoms with Crippen molar-refractivity contribution in [3.63, 3.8) is 0 Å². The first-order valence-corrected chi connectivity index (χ1v) is 10.7. The minimum Gasteiger partial charge on any atom is -0.460 e. The number of hydrogen-bond donors (Lipinski definition) is 3. The molecule has 1 unspecified atom stereocenters. The monoisotopic (exact) mass is 532 g/mol. The lowest BCUT2D eigenvalue weighted by Gasteiger charge is -2.14. The smallest absolute Gasteiger partial charge is 0.408 e. The normalized spacial score (nSPS) is 10.9. The van der Waals surface area contributed by atoms with Crippen molar-refractivity contribution in [2.75, 3.05) is 46.4 Å². The van der Waals surface area contributed by atoms with Crippen LogP contribution < -0.4 is 16.0 Å². The molecule has 16 heteroatoms. The van der Waals surface area contributed by atoms with Crippen molar-refractivity contribution in [2.45, 2.75) is 26.9 Å². The van der Waals surface area contributed by atoms with Crippen molar-refractivity contribution in [2.24, 2.45) is 4.99 Å². The number of carbonyl (C=O) groups excluding carboxylic acids is 5. The van der Waals surface area contributed by atoms with Crippen LogP contribution in [0.15, 0.2) is 29.3 Å². The standard InChI is InChI=1S/C21H32N4O12/c1-14(2)17(26)31-6-7-33-19(28)24-12-25-20(29)34-10-16(5)37-21(30)23-11-22-13-36-35-9-8-32-18(27)15(3)4/h13,16H,1,3,6-12H2,2,4-5H3,(H,23,30)(H,24,28)(H,25,29). The van der Waals surface area contributed by atoms with E-state index in [1.807, 2.05) is 0 Å². The molecule has 16 nitrogen and oxygen atoms in total. The molecule has 0 aromatic rings. The number of alkyl carbamates (subject to hydrolysis) is 3. The molecule has 0 fully saturated rings. The maximum Gasteiger partial charge on any atom is 0.408 e. The molecule has 0 spiro atoms. The van der Waals surface area contributed by atoms with Gasteiger partial charge in [-0.25, -0.2) is 29.0 Å². The quantitative estimate of drug-likeness (QED) is 0.0273. The van der Waals surface area contributed by atoms with E-state index in [1.54, 1.807) is 0 Å². The Labute approximate surface area is 213 Å². The summed E-state index contributed by atoms with van der Waals surface area (Å²) in [7, 11) is 0. The Bertz CT molecular complexity index is 830. The largest absolute Gasteiger partial charge is 0.460 e. The van der Waals surface area contributed by atoms with Crippen LogP contribution in [0.5, 0.6) is 0 Å². The van der Waals surface area contributed by atoms with Gasteiger partial charge in [0, 0.05) is 11.1 Å². The fraction of sp³-hybridized carbons (Fsp3) is 0.524. The first-order valence-electron chi connectivity index (χ1n) is 10.7. The fourth-order valence-electron chi connectivity index (χ4n) is 1.68. The number of rotatable bonds is 17. The maximum absolute atomic E-state index is 11.6. The summed E-state index contributed by atoms with van der Waals surface area (Å²) in [6.45, 7) is 10.1. The second-order valence-corrected chi connectivity index (χ2v) is 6.85. The van der Waals surface area contributed by atoms with E-state index >= 15 is 0 Å². The number of carbonyl (C=O) groups is 5. The van der Waals surface area contributed by atoms with Crippen LogP contribution in [-0.2, 0) is 43.0 Å².